The van der Waals surface area contributed by atoms with Crippen LogP contribution in [0.5, 0.6) is 0 Å². The predicted molar refractivity (Wildman–Crippen MR) is 284 cm³/mol. The van der Waals surface area contributed by atoms with Crippen LogP contribution in [0.1, 0.15) is 12.0 Å². The van der Waals surface area contributed by atoms with Gasteiger partial charge in [-0.2, -0.15) is 9.97 Å². The number of rotatable bonds is 4. The molecule has 0 spiro atoms. The van der Waals surface area contributed by atoms with Gasteiger partial charge >= 0.3 is 0 Å². The predicted octanol–water partition coefficient (Wildman–Crippen LogP) is 15.2. The first-order valence-corrected chi connectivity index (χ1v) is 23.6. The molecule has 3 aromatic heterocycles. The van der Waals surface area contributed by atoms with Crippen molar-refractivity contribution >= 4 is 114 Å². The highest BCUT2D eigenvalue weighted by molar-refractivity contribution is 6.27. The van der Waals surface area contributed by atoms with Gasteiger partial charge in [0, 0.05) is 38.1 Å². The second-order valence-corrected chi connectivity index (χ2v) is 18.6. The normalized spacial score (nSPS) is 13.0. The first kappa shape index (κ1) is 36.3. The van der Waals surface area contributed by atoms with Crippen LogP contribution in [0, 0.1) is 0 Å². The van der Waals surface area contributed by atoms with E-state index < -0.39 is 0 Å². The Bertz CT molecular complexity index is 4660. The Morgan fingerprint density at radius 1 is 0.353 bits per heavy atom. The number of hydrogen-bond acceptors (Lipinski definition) is 3. The molecule has 15 aromatic rings. The van der Waals surface area contributed by atoms with Gasteiger partial charge in [-0.05, 0) is 131 Å². The van der Waals surface area contributed by atoms with Crippen LogP contribution >= 0.6 is 0 Å². The van der Waals surface area contributed by atoms with E-state index in [1.54, 1.807) is 0 Å². The summed E-state index contributed by atoms with van der Waals surface area (Å²) in [5.41, 5.74) is 8.86. The maximum absolute atomic E-state index is 5.59. The minimum atomic E-state index is 0.579. The summed E-state index contributed by atoms with van der Waals surface area (Å²) in [5, 5.41) is 20.8. The van der Waals surface area contributed by atoms with E-state index in [9.17, 15) is 0 Å². The fraction of sp³-hybridized carbons (Fsp3) is 0.0317. The molecule has 0 bridgehead atoms. The molecule has 0 unspecified atom stereocenters. The number of fused-ring (bicyclic) bond motifs is 8. The number of aromatic nitrogens is 5. The van der Waals surface area contributed by atoms with Gasteiger partial charge in [-0.1, -0.05) is 152 Å². The van der Waals surface area contributed by atoms with Crippen molar-refractivity contribution in [2.24, 2.45) is 0 Å². The Morgan fingerprint density at radius 2 is 0.912 bits per heavy atom. The third-order valence-electron chi connectivity index (χ3n) is 15.0. The van der Waals surface area contributed by atoms with Crippen molar-refractivity contribution in [1.82, 2.24) is 24.1 Å². The summed E-state index contributed by atoms with van der Waals surface area (Å²) < 4.78 is 4.75. The number of benzene rings is 12. The number of nitrogens with zero attached hydrogens (tertiary/aromatic N) is 5. The van der Waals surface area contributed by atoms with E-state index in [1.165, 1.54) is 80.8 Å². The molecule has 3 heterocycles. The lowest BCUT2D eigenvalue weighted by atomic mass is 9.89. The quantitative estimate of drug-likeness (QED) is 0.166. The Kier molecular flexibility index (Phi) is 7.12. The van der Waals surface area contributed by atoms with Crippen molar-refractivity contribution in [3.05, 3.63) is 205 Å². The van der Waals surface area contributed by atoms with E-state index in [-0.39, 0.29) is 0 Å². The zero-order chi connectivity index (χ0) is 44.2. The second kappa shape index (κ2) is 13.3. The Morgan fingerprint density at radius 3 is 1.66 bits per heavy atom. The summed E-state index contributed by atoms with van der Waals surface area (Å²) >= 11 is 0. The Hall–Kier alpha value is -8.93. The van der Waals surface area contributed by atoms with E-state index in [1.807, 2.05) is 0 Å². The lowest BCUT2D eigenvalue weighted by Crippen LogP contribution is -2.10. The van der Waals surface area contributed by atoms with E-state index in [2.05, 4.69) is 209 Å². The fourth-order valence-corrected chi connectivity index (χ4v) is 12.1. The van der Waals surface area contributed by atoms with Crippen LogP contribution < -0.4 is 5.22 Å². The molecular formula is C63H37N5. The second-order valence-electron chi connectivity index (χ2n) is 18.6. The van der Waals surface area contributed by atoms with E-state index in [4.69, 9.17) is 15.0 Å². The summed E-state index contributed by atoms with van der Waals surface area (Å²) in [6, 6.07) is 71.2. The van der Waals surface area contributed by atoms with Gasteiger partial charge in [0.25, 0.3) is 0 Å². The zero-order valence-electron chi connectivity index (χ0n) is 36.7. The molecule has 0 saturated heterocycles. The van der Waals surface area contributed by atoms with Crippen LogP contribution in [0.4, 0.5) is 0 Å². The summed E-state index contributed by atoms with van der Waals surface area (Å²) in [7, 11) is 0. The van der Waals surface area contributed by atoms with Crippen LogP contribution in [-0.4, -0.2) is 24.1 Å². The van der Waals surface area contributed by atoms with Crippen LogP contribution in [0.2, 0.25) is 0 Å². The van der Waals surface area contributed by atoms with Gasteiger partial charge in [0.2, 0.25) is 5.95 Å². The van der Waals surface area contributed by atoms with Crippen molar-refractivity contribution in [1.29, 1.82) is 0 Å². The first-order valence-electron chi connectivity index (χ1n) is 23.6. The van der Waals surface area contributed by atoms with Crippen molar-refractivity contribution in [3.8, 4) is 34.4 Å². The molecule has 5 nitrogen and oxygen atoms in total. The van der Waals surface area contributed by atoms with Gasteiger partial charge in [0.15, 0.2) is 11.6 Å². The monoisotopic (exact) mass is 863 g/mol. The molecule has 12 aromatic carbocycles. The molecule has 0 N–H and O–H groups in total. The molecular weight excluding hydrogens is 827 g/mol. The highest BCUT2D eigenvalue weighted by Gasteiger charge is 2.25. The van der Waals surface area contributed by atoms with Crippen LogP contribution in [-0.2, 0) is 6.42 Å². The smallest absolute Gasteiger partial charge is 0.238 e. The SMILES string of the molecule is C1=c2ccc3cc(-c4nc(-c5cc6ccc7cccc8ccc(c5)c6c78)nc(-n5c6ccccc6c6ccc7c(c8ccccc8n7-c7cccc8ccccc78)c65)n4)cc4ccc(c2c43)CC1. The van der Waals surface area contributed by atoms with Crippen molar-refractivity contribution < 1.29 is 0 Å². The summed E-state index contributed by atoms with van der Waals surface area (Å²) in [4.78, 5) is 16.6. The number of hydrogen-bond donors (Lipinski definition) is 0. The lowest BCUT2D eigenvalue weighted by molar-refractivity contribution is 0.956. The van der Waals surface area contributed by atoms with Gasteiger partial charge in [-0.25, -0.2) is 4.98 Å². The highest BCUT2D eigenvalue weighted by Crippen LogP contribution is 2.44. The van der Waals surface area contributed by atoms with Gasteiger partial charge in [0.1, 0.15) is 0 Å². The van der Waals surface area contributed by atoms with E-state index in [0.29, 0.717) is 17.6 Å². The van der Waals surface area contributed by atoms with Gasteiger partial charge in [0.05, 0.1) is 27.8 Å². The number of para-hydroxylation sites is 2. The molecule has 16 rings (SSSR count). The van der Waals surface area contributed by atoms with Crippen molar-refractivity contribution in [3.63, 3.8) is 0 Å². The minimum Gasteiger partial charge on any atom is -0.309 e. The van der Waals surface area contributed by atoms with E-state index in [0.717, 1.165) is 67.9 Å². The van der Waals surface area contributed by atoms with Gasteiger partial charge in [-0.15, -0.1) is 0 Å². The third kappa shape index (κ3) is 4.91. The molecule has 0 amide bonds. The molecule has 0 aliphatic heterocycles. The van der Waals surface area contributed by atoms with Crippen LogP contribution in [0.15, 0.2) is 194 Å². The molecule has 1 aliphatic rings. The maximum Gasteiger partial charge on any atom is 0.238 e. The zero-order valence-corrected chi connectivity index (χ0v) is 36.7. The molecule has 68 heavy (non-hydrogen) atoms. The first-order chi connectivity index (χ1) is 33.7. The lowest BCUT2D eigenvalue weighted by Gasteiger charge is -2.16. The summed E-state index contributed by atoms with van der Waals surface area (Å²) in [6.07, 6.45) is 4.53. The maximum atomic E-state index is 5.59. The van der Waals surface area contributed by atoms with E-state index >= 15 is 0 Å². The van der Waals surface area contributed by atoms with Gasteiger partial charge < -0.3 is 4.57 Å². The number of aryl methyl sites for hydroxylation is 1. The largest absolute Gasteiger partial charge is 0.309 e. The molecule has 0 fully saturated rings. The standard InChI is InChI=1S/C63H37N5/c1-2-16-47-36(10-1)11-9-21-51(47)67-53-20-6-4-18-50(53)59-54(67)31-30-49-48-17-3-5-19-52(48)68(60(49)59)63-65-61(45-32-41-26-22-37-12-7-13-38-23-27-42(33-45)57(41)55(37)38)64-62(66-63)46-34-43-28-24-39-14-8-15-40-25-29-44(35-46)58(43)56(39)40/h1-7,9-14,16-35H,8,15H2. The Balaban J connectivity index is 1.02. The molecule has 0 radical (unpaired) electrons. The highest BCUT2D eigenvalue weighted by atomic mass is 15.2. The molecule has 1 aliphatic carbocycles. The summed E-state index contributed by atoms with van der Waals surface area (Å²) in [5.74, 6) is 1.85. The molecule has 314 valence electrons. The van der Waals surface area contributed by atoms with Crippen molar-refractivity contribution in [2.45, 2.75) is 12.8 Å². The van der Waals surface area contributed by atoms with Crippen LogP contribution in [0.3, 0.4) is 0 Å². The van der Waals surface area contributed by atoms with Crippen LogP contribution in [0.25, 0.3) is 149 Å². The fourth-order valence-electron chi connectivity index (χ4n) is 12.1. The third-order valence-corrected chi connectivity index (χ3v) is 15.0. The minimum absolute atomic E-state index is 0.579. The topological polar surface area (TPSA) is 48.5 Å². The van der Waals surface area contributed by atoms with Crippen molar-refractivity contribution in [2.75, 3.05) is 0 Å². The van der Waals surface area contributed by atoms with Gasteiger partial charge in [-0.3, -0.25) is 4.57 Å². The molecule has 0 atom stereocenters. The molecule has 5 heteroatoms. The Labute approximate surface area is 388 Å². The average molecular weight is 864 g/mol. The molecule has 0 saturated carbocycles. The summed E-state index contributed by atoms with van der Waals surface area (Å²) in [6.45, 7) is 0. The average Bonchev–Trinajstić information content (AvgIpc) is 3.92.